The minimum atomic E-state index is -0.567. The first-order valence-electron chi connectivity index (χ1n) is 3.58. The first kappa shape index (κ1) is 9.94. The fourth-order valence-electron chi connectivity index (χ4n) is 0.682. The molecule has 0 heterocycles. The van der Waals surface area contributed by atoms with Crippen LogP contribution in [0.5, 0.6) is 0 Å². The SMILES string of the molecule is CCOC(=O)N(CC)C(C)=O. The molecule has 0 saturated carbocycles. The van der Waals surface area contributed by atoms with Gasteiger partial charge in [-0.15, -0.1) is 0 Å². The number of nitrogens with zero attached hydrogens (tertiary/aromatic N) is 1. The first-order valence-corrected chi connectivity index (χ1v) is 3.58. The van der Waals surface area contributed by atoms with E-state index < -0.39 is 6.09 Å². The minimum Gasteiger partial charge on any atom is -0.449 e. The van der Waals surface area contributed by atoms with Gasteiger partial charge in [0.2, 0.25) is 5.91 Å². The lowest BCUT2D eigenvalue weighted by atomic mass is 10.5. The van der Waals surface area contributed by atoms with Gasteiger partial charge in [0.1, 0.15) is 0 Å². The molecule has 0 bridgehead atoms. The smallest absolute Gasteiger partial charge is 0.416 e. The normalized spacial score (nSPS) is 9.00. The van der Waals surface area contributed by atoms with Gasteiger partial charge in [-0.25, -0.2) is 9.69 Å². The van der Waals surface area contributed by atoms with Crippen LogP contribution in [-0.4, -0.2) is 30.1 Å². The number of rotatable bonds is 2. The summed E-state index contributed by atoms with van der Waals surface area (Å²) in [6.07, 6.45) is -0.567. The first-order chi connectivity index (χ1) is 5.13. The molecule has 0 aliphatic rings. The summed E-state index contributed by atoms with van der Waals surface area (Å²) in [4.78, 5) is 22.7. The highest BCUT2D eigenvalue weighted by Crippen LogP contribution is 1.93. The van der Waals surface area contributed by atoms with E-state index in [2.05, 4.69) is 4.74 Å². The summed E-state index contributed by atoms with van der Waals surface area (Å²) in [6, 6.07) is 0. The average molecular weight is 159 g/mol. The van der Waals surface area contributed by atoms with Gasteiger partial charge in [0.25, 0.3) is 0 Å². The van der Waals surface area contributed by atoms with E-state index in [1.54, 1.807) is 13.8 Å². The summed E-state index contributed by atoms with van der Waals surface area (Å²) in [7, 11) is 0. The van der Waals surface area contributed by atoms with Crippen molar-refractivity contribution >= 4 is 12.0 Å². The lowest BCUT2D eigenvalue weighted by molar-refractivity contribution is -0.126. The van der Waals surface area contributed by atoms with Crippen LogP contribution in [-0.2, 0) is 9.53 Å². The Kier molecular flexibility index (Phi) is 4.26. The zero-order valence-electron chi connectivity index (χ0n) is 7.09. The van der Waals surface area contributed by atoms with Gasteiger partial charge in [0.05, 0.1) is 6.61 Å². The van der Waals surface area contributed by atoms with Crippen molar-refractivity contribution in [1.29, 1.82) is 0 Å². The zero-order chi connectivity index (χ0) is 8.85. The molecule has 0 saturated heterocycles. The lowest BCUT2D eigenvalue weighted by Gasteiger charge is -2.15. The monoisotopic (exact) mass is 159 g/mol. The molecule has 0 atom stereocenters. The van der Waals surface area contributed by atoms with Crippen molar-refractivity contribution in [3.63, 3.8) is 0 Å². The van der Waals surface area contributed by atoms with Crippen LogP contribution < -0.4 is 0 Å². The van der Waals surface area contributed by atoms with Crippen molar-refractivity contribution in [3.8, 4) is 0 Å². The molecular weight excluding hydrogens is 146 g/mol. The largest absolute Gasteiger partial charge is 0.449 e. The predicted octanol–water partition coefficient (Wildman–Crippen LogP) is 1.01. The standard InChI is InChI=1S/C7H13NO3/c1-4-8(6(3)9)7(10)11-5-2/h4-5H2,1-3H3. The molecular formula is C7H13NO3. The van der Waals surface area contributed by atoms with E-state index in [0.717, 1.165) is 4.90 Å². The minimum absolute atomic E-state index is 0.286. The Bertz CT molecular complexity index is 156. The molecule has 2 amide bonds. The molecule has 11 heavy (non-hydrogen) atoms. The van der Waals surface area contributed by atoms with E-state index in [1.807, 2.05) is 0 Å². The maximum absolute atomic E-state index is 10.9. The molecule has 4 heteroatoms. The maximum Gasteiger partial charge on any atom is 0.416 e. The van der Waals surface area contributed by atoms with Crippen molar-refractivity contribution < 1.29 is 14.3 Å². The Morgan fingerprint density at radius 3 is 2.18 bits per heavy atom. The van der Waals surface area contributed by atoms with Crippen LogP contribution in [0, 0.1) is 0 Å². The Hall–Kier alpha value is -1.06. The molecule has 0 aliphatic carbocycles. The fourth-order valence-corrected chi connectivity index (χ4v) is 0.682. The van der Waals surface area contributed by atoms with Gasteiger partial charge in [0, 0.05) is 13.5 Å². The molecule has 4 nitrogen and oxygen atoms in total. The molecule has 0 N–H and O–H groups in total. The number of hydrogen-bond donors (Lipinski definition) is 0. The second-order valence-corrected chi connectivity index (χ2v) is 1.96. The molecule has 0 aliphatic heterocycles. The Balaban J connectivity index is 4.03. The van der Waals surface area contributed by atoms with Crippen LogP contribution in [0.25, 0.3) is 0 Å². The molecule has 64 valence electrons. The van der Waals surface area contributed by atoms with Gasteiger partial charge < -0.3 is 4.74 Å². The van der Waals surface area contributed by atoms with Crippen molar-refractivity contribution in [2.24, 2.45) is 0 Å². The molecule has 0 aromatic carbocycles. The number of imide groups is 1. The highest BCUT2D eigenvalue weighted by atomic mass is 16.6. The van der Waals surface area contributed by atoms with Gasteiger partial charge in [-0.05, 0) is 13.8 Å². The van der Waals surface area contributed by atoms with Crippen LogP contribution in [0.15, 0.2) is 0 Å². The zero-order valence-corrected chi connectivity index (χ0v) is 7.09. The molecule has 0 radical (unpaired) electrons. The van der Waals surface area contributed by atoms with Gasteiger partial charge >= 0.3 is 6.09 Å². The molecule has 0 fully saturated rings. The second-order valence-electron chi connectivity index (χ2n) is 1.96. The van der Waals surface area contributed by atoms with Crippen molar-refractivity contribution in [1.82, 2.24) is 4.90 Å². The second kappa shape index (κ2) is 4.71. The third-order valence-electron chi connectivity index (χ3n) is 1.18. The highest BCUT2D eigenvalue weighted by Gasteiger charge is 2.15. The quantitative estimate of drug-likeness (QED) is 0.604. The van der Waals surface area contributed by atoms with Crippen LogP contribution in [0.1, 0.15) is 20.8 Å². The Labute approximate surface area is 66.1 Å². The van der Waals surface area contributed by atoms with Gasteiger partial charge in [-0.2, -0.15) is 0 Å². The number of amides is 2. The molecule has 0 rings (SSSR count). The van der Waals surface area contributed by atoms with Crippen LogP contribution >= 0.6 is 0 Å². The Morgan fingerprint density at radius 2 is 1.91 bits per heavy atom. The Morgan fingerprint density at radius 1 is 1.36 bits per heavy atom. The molecule has 0 aromatic rings. The van der Waals surface area contributed by atoms with Gasteiger partial charge in [0.15, 0.2) is 0 Å². The maximum atomic E-state index is 10.9. The van der Waals surface area contributed by atoms with E-state index in [-0.39, 0.29) is 5.91 Å². The summed E-state index contributed by atoms with van der Waals surface area (Å²) >= 11 is 0. The number of carbonyl (C=O) groups is 2. The van der Waals surface area contributed by atoms with Crippen molar-refractivity contribution in [2.45, 2.75) is 20.8 Å². The predicted molar refractivity (Wildman–Crippen MR) is 40.1 cm³/mol. The van der Waals surface area contributed by atoms with E-state index in [1.165, 1.54) is 6.92 Å². The highest BCUT2D eigenvalue weighted by molar-refractivity contribution is 5.90. The molecule has 0 unspecified atom stereocenters. The summed E-state index contributed by atoms with van der Waals surface area (Å²) < 4.78 is 4.62. The van der Waals surface area contributed by atoms with Crippen LogP contribution in [0.3, 0.4) is 0 Å². The number of ether oxygens (including phenoxy) is 1. The third-order valence-corrected chi connectivity index (χ3v) is 1.18. The van der Waals surface area contributed by atoms with Crippen LogP contribution in [0.2, 0.25) is 0 Å². The summed E-state index contributed by atoms with van der Waals surface area (Å²) in [5, 5.41) is 0. The van der Waals surface area contributed by atoms with Gasteiger partial charge in [-0.1, -0.05) is 0 Å². The summed E-state index contributed by atoms with van der Waals surface area (Å²) in [5.74, 6) is -0.286. The summed E-state index contributed by atoms with van der Waals surface area (Å²) in [5.41, 5.74) is 0. The van der Waals surface area contributed by atoms with Crippen molar-refractivity contribution in [3.05, 3.63) is 0 Å². The van der Waals surface area contributed by atoms with E-state index in [9.17, 15) is 9.59 Å². The van der Waals surface area contributed by atoms with E-state index in [4.69, 9.17) is 0 Å². The van der Waals surface area contributed by atoms with Crippen molar-refractivity contribution in [2.75, 3.05) is 13.2 Å². The molecule has 0 spiro atoms. The van der Waals surface area contributed by atoms with E-state index >= 15 is 0 Å². The third kappa shape index (κ3) is 3.02. The molecule has 0 aromatic heterocycles. The number of hydrogen-bond acceptors (Lipinski definition) is 3. The van der Waals surface area contributed by atoms with Crippen LogP contribution in [0.4, 0.5) is 4.79 Å². The van der Waals surface area contributed by atoms with E-state index in [0.29, 0.717) is 13.2 Å². The average Bonchev–Trinajstić information content (AvgIpc) is 1.88. The number of carbonyl (C=O) groups excluding carboxylic acids is 2. The summed E-state index contributed by atoms with van der Waals surface area (Å²) in [6.45, 7) is 5.40. The van der Waals surface area contributed by atoms with Gasteiger partial charge in [-0.3, -0.25) is 4.79 Å². The topological polar surface area (TPSA) is 46.6 Å². The fraction of sp³-hybridized carbons (Fsp3) is 0.714. The lowest BCUT2D eigenvalue weighted by Crippen LogP contribution is -2.35.